The van der Waals surface area contributed by atoms with Crippen LogP contribution < -0.4 is 4.74 Å². The van der Waals surface area contributed by atoms with Gasteiger partial charge in [0.05, 0.1) is 13.2 Å². The predicted molar refractivity (Wildman–Crippen MR) is 70.0 cm³/mol. The molecule has 4 nitrogen and oxygen atoms in total. The highest BCUT2D eigenvalue weighted by atomic mass is 16.5. The van der Waals surface area contributed by atoms with E-state index in [1.807, 2.05) is 6.07 Å². The fraction of sp³-hybridized carbons (Fsp3) is 0.571. The third-order valence-electron chi connectivity index (χ3n) is 3.24. The SMILES string of the molecule is COc1ccc(CN(C)CC2CCCO2)cc1O. The van der Waals surface area contributed by atoms with Crippen LogP contribution in [0.2, 0.25) is 0 Å². The Labute approximate surface area is 108 Å². The fourth-order valence-corrected chi connectivity index (χ4v) is 2.35. The monoisotopic (exact) mass is 251 g/mol. The van der Waals surface area contributed by atoms with Crippen molar-refractivity contribution < 1.29 is 14.6 Å². The number of benzene rings is 1. The van der Waals surface area contributed by atoms with Gasteiger partial charge in [-0.1, -0.05) is 6.07 Å². The number of aromatic hydroxyl groups is 1. The molecule has 18 heavy (non-hydrogen) atoms. The van der Waals surface area contributed by atoms with Crippen molar-refractivity contribution in [1.29, 1.82) is 0 Å². The molecule has 1 saturated heterocycles. The minimum atomic E-state index is 0.195. The third-order valence-corrected chi connectivity index (χ3v) is 3.24. The molecule has 0 aromatic heterocycles. The van der Waals surface area contributed by atoms with Crippen LogP contribution in [0.1, 0.15) is 18.4 Å². The molecule has 1 aromatic carbocycles. The first-order chi connectivity index (χ1) is 8.69. The standard InChI is InChI=1S/C14H21NO3/c1-15(10-12-4-3-7-18-12)9-11-5-6-14(17-2)13(16)8-11/h5-6,8,12,16H,3-4,7,9-10H2,1-2H3. The number of nitrogens with zero attached hydrogens (tertiary/aromatic N) is 1. The molecular formula is C14H21NO3. The molecule has 0 saturated carbocycles. The first-order valence-electron chi connectivity index (χ1n) is 6.35. The Kier molecular flexibility index (Phi) is 4.44. The van der Waals surface area contributed by atoms with Crippen molar-refractivity contribution in [3.05, 3.63) is 23.8 Å². The van der Waals surface area contributed by atoms with E-state index in [2.05, 4.69) is 11.9 Å². The number of rotatable bonds is 5. The van der Waals surface area contributed by atoms with Crippen molar-refractivity contribution in [1.82, 2.24) is 4.90 Å². The molecule has 100 valence electrons. The molecule has 0 amide bonds. The van der Waals surface area contributed by atoms with Crippen molar-refractivity contribution in [2.75, 3.05) is 27.3 Å². The van der Waals surface area contributed by atoms with Crippen LogP contribution in [0, 0.1) is 0 Å². The van der Waals surface area contributed by atoms with Gasteiger partial charge in [-0.15, -0.1) is 0 Å². The lowest BCUT2D eigenvalue weighted by atomic mass is 10.1. The van der Waals surface area contributed by atoms with Crippen molar-refractivity contribution in [2.45, 2.75) is 25.5 Å². The average molecular weight is 251 g/mol. The Morgan fingerprint density at radius 2 is 2.33 bits per heavy atom. The molecule has 1 aromatic rings. The molecule has 0 bridgehead atoms. The van der Waals surface area contributed by atoms with Crippen LogP contribution >= 0.6 is 0 Å². The maximum atomic E-state index is 9.72. The molecule has 1 atom stereocenters. The minimum Gasteiger partial charge on any atom is -0.504 e. The van der Waals surface area contributed by atoms with E-state index in [-0.39, 0.29) is 5.75 Å². The van der Waals surface area contributed by atoms with Gasteiger partial charge in [-0.25, -0.2) is 0 Å². The van der Waals surface area contributed by atoms with Gasteiger partial charge in [-0.2, -0.15) is 0 Å². The van der Waals surface area contributed by atoms with Gasteiger partial charge in [0.2, 0.25) is 0 Å². The van der Waals surface area contributed by atoms with Crippen LogP contribution in [0.25, 0.3) is 0 Å². The lowest BCUT2D eigenvalue weighted by Crippen LogP contribution is -2.28. The summed E-state index contributed by atoms with van der Waals surface area (Å²) in [5.74, 6) is 0.709. The molecule has 1 heterocycles. The summed E-state index contributed by atoms with van der Waals surface area (Å²) in [5.41, 5.74) is 1.08. The number of ether oxygens (including phenoxy) is 2. The maximum Gasteiger partial charge on any atom is 0.160 e. The summed E-state index contributed by atoms with van der Waals surface area (Å²) in [6.45, 7) is 2.63. The Bertz CT molecular complexity index is 389. The maximum absolute atomic E-state index is 9.72. The summed E-state index contributed by atoms with van der Waals surface area (Å²) in [6, 6.07) is 5.53. The summed E-state index contributed by atoms with van der Waals surface area (Å²) in [7, 11) is 3.63. The van der Waals surface area contributed by atoms with Crippen molar-refractivity contribution in [3.63, 3.8) is 0 Å². The second kappa shape index (κ2) is 6.07. The third kappa shape index (κ3) is 3.37. The van der Waals surface area contributed by atoms with Crippen molar-refractivity contribution >= 4 is 0 Å². The number of methoxy groups -OCH3 is 1. The number of likely N-dealkylation sites (N-methyl/N-ethyl adjacent to an activating group) is 1. The minimum absolute atomic E-state index is 0.195. The molecule has 1 N–H and O–H groups in total. The molecule has 1 fully saturated rings. The molecule has 1 aliphatic heterocycles. The van der Waals surface area contributed by atoms with Crippen molar-refractivity contribution in [2.24, 2.45) is 0 Å². The zero-order valence-corrected chi connectivity index (χ0v) is 11.1. The molecule has 1 aliphatic rings. The normalized spacial score (nSPS) is 19.4. The van der Waals surface area contributed by atoms with Gasteiger partial charge < -0.3 is 14.6 Å². The number of phenolic OH excluding ortho intramolecular Hbond substituents is 1. The van der Waals surface area contributed by atoms with Crippen LogP contribution in [0.5, 0.6) is 11.5 Å². The highest BCUT2D eigenvalue weighted by molar-refractivity contribution is 5.41. The number of hydrogen-bond donors (Lipinski definition) is 1. The Balaban J connectivity index is 1.89. The summed E-state index contributed by atoms with van der Waals surface area (Å²) in [6.07, 6.45) is 2.68. The van der Waals surface area contributed by atoms with E-state index in [1.54, 1.807) is 19.2 Å². The van der Waals surface area contributed by atoms with Crippen molar-refractivity contribution in [3.8, 4) is 11.5 Å². The molecule has 0 aliphatic carbocycles. The van der Waals surface area contributed by atoms with Crippen LogP contribution in [0.15, 0.2) is 18.2 Å². The topological polar surface area (TPSA) is 41.9 Å². The predicted octanol–water partition coefficient (Wildman–Crippen LogP) is 2.01. The van der Waals surface area contributed by atoms with Gasteiger partial charge in [0, 0.05) is 19.7 Å². The van der Waals surface area contributed by atoms with E-state index in [9.17, 15) is 5.11 Å². The highest BCUT2D eigenvalue weighted by Gasteiger charge is 2.17. The summed E-state index contributed by atoms with van der Waals surface area (Å²) in [5, 5.41) is 9.72. The van der Waals surface area contributed by atoms with Crippen LogP contribution in [0.3, 0.4) is 0 Å². The first kappa shape index (κ1) is 13.2. The van der Waals surface area contributed by atoms with Gasteiger partial charge in [0.15, 0.2) is 11.5 Å². The molecular weight excluding hydrogens is 230 g/mol. The van der Waals surface area contributed by atoms with Crippen LogP contribution in [-0.2, 0) is 11.3 Å². The van der Waals surface area contributed by atoms with Crippen LogP contribution in [-0.4, -0.2) is 43.4 Å². The number of hydrogen-bond acceptors (Lipinski definition) is 4. The Morgan fingerprint density at radius 3 is 2.94 bits per heavy atom. The largest absolute Gasteiger partial charge is 0.504 e. The molecule has 2 rings (SSSR count). The van der Waals surface area contributed by atoms with E-state index < -0.39 is 0 Å². The second-order valence-corrected chi connectivity index (χ2v) is 4.84. The lowest BCUT2D eigenvalue weighted by Gasteiger charge is -2.20. The average Bonchev–Trinajstić information content (AvgIpc) is 2.82. The van der Waals surface area contributed by atoms with E-state index in [0.29, 0.717) is 11.9 Å². The summed E-state index contributed by atoms with van der Waals surface area (Å²) in [4.78, 5) is 2.22. The van der Waals surface area contributed by atoms with E-state index in [1.165, 1.54) is 6.42 Å². The Hall–Kier alpha value is -1.26. The van der Waals surface area contributed by atoms with E-state index in [4.69, 9.17) is 9.47 Å². The molecule has 4 heteroatoms. The van der Waals surface area contributed by atoms with Gasteiger partial charge in [-0.05, 0) is 37.6 Å². The fourth-order valence-electron chi connectivity index (χ4n) is 2.35. The van der Waals surface area contributed by atoms with Gasteiger partial charge in [0.25, 0.3) is 0 Å². The molecule has 0 spiro atoms. The summed E-state index contributed by atoms with van der Waals surface area (Å²) >= 11 is 0. The van der Waals surface area contributed by atoms with Gasteiger partial charge in [-0.3, -0.25) is 4.90 Å². The Morgan fingerprint density at radius 1 is 1.50 bits per heavy atom. The lowest BCUT2D eigenvalue weighted by molar-refractivity contribution is 0.0793. The zero-order chi connectivity index (χ0) is 13.0. The van der Waals surface area contributed by atoms with E-state index in [0.717, 1.165) is 31.7 Å². The number of phenols is 1. The second-order valence-electron chi connectivity index (χ2n) is 4.84. The quantitative estimate of drug-likeness (QED) is 0.869. The van der Waals surface area contributed by atoms with Gasteiger partial charge in [0.1, 0.15) is 0 Å². The van der Waals surface area contributed by atoms with E-state index >= 15 is 0 Å². The summed E-state index contributed by atoms with van der Waals surface area (Å²) < 4.78 is 10.6. The van der Waals surface area contributed by atoms with Gasteiger partial charge >= 0.3 is 0 Å². The zero-order valence-electron chi connectivity index (χ0n) is 11.1. The smallest absolute Gasteiger partial charge is 0.160 e. The molecule has 0 radical (unpaired) electrons. The van der Waals surface area contributed by atoms with Crippen LogP contribution in [0.4, 0.5) is 0 Å². The molecule has 1 unspecified atom stereocenters. The highest BCUT2D eigenvalue weighted by Crippen LogP contribution is 2.26. The first-order valence-corrected chi connectivity index (χ1v) is 6.35.